The lowest BCUT2D eigenvalue weighted by molar-refractivity contribution is -0.870. The van der Waals surface area contributed by atoms with Gasteiger partial charge in [-0.1, -0.05) is 150 Å². The van der Waals surface area contributed by atoms with E-state index in [1.54, 1.807) is 0 Å². The first-order valence-corrected chi connectivity index (χ1v) is 24.4. The summed E-state index contributed by atoms with van der Waals surface area (Å²) in [6.45, 7) is 3.98. The first-order chi connectivity index (χ1) is 29.0. The van der Waals surface area contributed by atoms with E-state index < -0.39 is 32.5 Å². The molecule has 0 aliphatic rings. The number of ether oxygens (including phenoxy) is 2. The first kappa shape index (κ1) is 56.9. The molecule has 0 spiro atoms. The van der Waals surface area contributed by atoms with Crippen LogP contribution in [0.2, 0.25) is 0 Å². The second-order valence-electron chi connectivity index (χ2n) is 16.0. The zero-order chi connectivity index (χ0) is 44.3. The summed E-state index contributed by atoms with van der Waals surface area (Å²) in [5, 5.41) is 0. The summed E-state index contributed by atoms with van der Waals surface area (Å²) in [6, 6.07) is 0. The van der Waals surface area contributed by atoms with E-state index in [0.717, 1.165) is 70.6 Å². The maximum atomic E-state index is 12.7. The monoisotopic (exact) mass is 858 g/mol. The van der Waals surface area contributed by atoms with E-state index in [2.05, 4.69) is 105 Å². The highest BCUT2D eigenvalue weighted by Gasteiger charge is 2.21. The van der Waals surface area contributed by atoms with Crippen molar-refractivity contribution in [3.05, 3.63) is 97.2 Å². The van der Waals surface area contributed by atoms with Crippen molar-refractivity contribution in [2.45, 2.75) is 161 Å². The van der Waals surface area contributed by atoms with Gasteiger partial charge < -0.3 is 27.9 Å². The average Bonchev–Trinajstić information content (AvgIpc) is 3.20. The van der Waals surface area contributed by atoms with Gasteiger partial charge in [-0.05, 0) is 89.9 Å². The lowest BCUT2D eigenvalue weighted by atomic mass is 10.1. The molecule has 0 N–H and O–H groups in total. The molecule has 0 saturated carbocycles. The first-order valence-electron chi connectivity index (χ1n) is 22.9. The van der Waals surface area contributed by atoms with Crippen LogP contribution in [0.3, 0.4) is 0 Å². The molecular weight excluding hydrogens is 774 g/mol. The third kappa shape index (κ3) is 44.5. The fraction of sp³-hybridized carbons (Fsp3) is 0.640. The van der Waals surface area contributed by atoms with Crippen molar-refractivity contribution in [2.24, 2.45) is 0 Å². The Morgan fingerprint density at radius 2 is 0.967 bits per heavy atom. The van der Waals surface area contributed by atoms with Gasteiger partial charge in [-0.2, -0.15) is 0 Å². The zero-order valence-corrected chi connectivity index (χ0v) is 39.3. The highest BCUT2D eigenvalue weighted by Crippen LogP contribution is 2.38. The van der Waals surface area contributed by atoms with Crippen LogP contribution in [-0.2, 0) is 32.7 Å². The van der Waals surface area contributed by atoms with Crippen LogP contribution in [-0.4, -0.2) is 70.0 Å². The molecule has 0 bridgehead atoms. The van der Waals surface area contributed by atoms with E-state index in [4.69, 9.17) is 18.5 Å². The maximum absolute atomic E-state index is 12.7. The summed E-state index contributed by atoms with van der Waals surface area (Å²) in [4.78, 5) is 37.6. The number of unbranched alkanes of at least 4 members (excludes halogenated alkanes) is 10. The van der Waals surface area contributed by atoms with E-state index in [1.165, 1.54) is 38.5 Å². The number of carbonyl (C=O) groups is 2. The highest BCUT2D eigenvalue weighted by molar-refractivity contribution is 7.45. The van der Waals surface area contributed by atoms with E-state index in [-0.39, 0.29) is 26.1 Å². The second-order valence-corrected chi connectivity index (χ2v) is 17.4. The number of hydrogen-bond donors (Lipinski definition) is 0. The number of quaternary nitrogens is 1. The minimum Gasteiger partial charge on any atom is -0.756 e. The molecule has 0 amide bonds. The van der Waals surface area contributed by atoms with Gasteiger partial charge >= 0.3 is 11.9 Å². The minimum atomic E-state index is -4.65. The van der Waals surface area contributed by atoms with Crippen LogP contribution in [0.5, 0.6) is 0 Å². The van der Waals surface area contributed by atoms with E-state index in [0.29, 0.717) is 30.3 Å². The Labute approximate surface area is 366 Å². The van der Waals surface area contributed by atoms with Crippen LogP contribution in [0.4, 0.5) is 0 Å². The van der Waals surface area contributed by atoms with Crippen molar-refractivity contribution in [1.29, 1.82) is 0 Å². The third-order valence-corrected chi connectivity index (χ3v) is 10.1. The van der Waals surface area contributed by atoms with Gasteiger partial charge in [0.05, 0.1) is 27.7 Å². The molecule has 2 atom stereocenters. The fourth-order valence-corrected chi connectivity index (χ4v) is 6.25. The Bertz CT molecular complexity index is 1340. The predicted octanol–water partition coefficient (Wildman–Crippen LogP) is 12.7. The number of rotatable bonds is 40. The van der Waals surface area contributed by atoms with Gasteiger partial charge in [0.15, 0.2) is 6.10 Å². The maximum Gasteiger partial charge on any atom is 0.306 e. The number of esters is 2. The molecule has 0 heterocycles. The van der Waals surface area contributed by atoms with Crippen LogP contribution < -0.4 is 4.89 Å². The molecule has 9 nitrogen and oxygen atoms in total. The number of carbonyl (C=O) groups excluding carboxylic acids is 2. The molecule has 0 radical (unpaired) electrons. The molecule has 0 aliphatic heterocycles. The van der Waals surface area contributed by atoms with Crippen LogP contribution in [0, 0.1) is 0 Å². The fourth-order valence-electron chi connectivity index (χ4n) is 5.52. The third-order valence-electron chi connectivity index (χ3n) is 9.09. The van der Waals surface area contributed by atoms with Crippen LogP contribution in [0.15, 0.2) is 97.2 Å². The van der Waals surface area contributed by atoms with Crippen molar-refractivity contribution in [3.63, 3.8) is 0 Å². The van der Waals surface area contributed by atoms with Gasteiger partial charge in [-0.15, -0.1) is 0 Å². The van der Waals surface area contributed by atoms with Crippen LogP contribution in [0.25, 0.3) is 0 Å². The van der Waals surface area contributed by atoms with Crippen molar-refractivity contribution < 1.29 is 42.1 Å². The van der Waals surface area contributed by atoms with Gasteiger partial charge in [0, 0.05) is 12.8 Å². The molecule has 0 aliphatic carbocycles. The summed E-state index contributed by atoms with van der Waals surface area (Å²) >= 11 is 0. The van der Waals surface area contributed by atoms with Gasteiger partial charge in [-0.25, -0.2) is 0 Å². The lowest BCUT2D eigenvalue weighted by Gasteiger charge is -2.28. The standard InChI is InChI=1S/C50H84NO8P/c1-6-8-10-12-14-16-18-20-22-24-25-27-28-30-32-34-36-38-40-42-49(52)56-46-48(47-58-60(54,55)57-45-44-51(3,4)5)59-50(53)43-41-39-37-35-33-31-29-26-23-21-19-17-15-13-11-9-7-2/h8,10,14,16,20-23,25,27,29-32,35,37,48H,6-7,9,11-13,15,17-19,24,26,28,33-34,36,38-47H2,1-5H3/b10-8+,16-14+,22-20+,23-21+,27-25+,31-29+,32-30+,37-35+/t48-/m1/s1. The molecule has 10 heteroatoms. The molecular formula is C50H84NO8P. The Morgan fingerprint density at radius 1 is 0.533 bits per heavy atom. The van der Waals surface area contributed by atoms with Gasteiger partial charge in [-0.3, -0.25) is 14.2 Å². The smallest absolute Gasteiger partial charge is 0.306 e. The molecule has 1 unspecified atom stereocenters. The van der Waals surface area contributed by atoms with Gasteiger partial charge in [0.2, 0.25) is 0 Å². The van der Waals surface area contributed by atoms with E-state index in [9.17, 15) is 19.0 Å². The summed E-state index contributed by atoms with van der Waals surface area (Å²) in [5.41, 5.74) is 0. The number of phosphoric ester groups is 1. The molecule has 60 heavy (non-hydrogen) atoms. The minimum absolute atomic E-state index is 0.0511. The van der Waals surface area contributed by atoms with Crippen LogP contribution >= 0.6 is 7.82 Å². The molecule has 0 aromatic rings. The summed E-state index contributed by atoms with van der Waals surface area (Å²) in [6.07, 6.45) is 54.4. The SMILES string of the molecule is CC/C=C/C/C=C/C/C=C/C/C=C/C/C=C/CCCCCC(=O)OC[C@H](COP(=O)([O-])OCC[N+](C)(C)C)OC(=O)CCC/C=C/C/C=C/C/C=C/CCCCCCCC. The number of hydrogen-bond acceptors (Lipinski definition) is 8. The Hall–Kier alpha value is -3.07. The van der Waals surface area contributed by atoms with Crippen molar-refractivity contribution >= 4 is 19.8 Å². The number of nitrogens with zero attached hydrogens (tertiary/aromatic N) is 1. The van der Waals surface area contributed by atoms with E-state index in [1.807, 2.05) is 27.2 Å². The molecule has 342 valence electrons. The number of allylic oxidation sites excluding steroid dienone is 16. The van der Waals surface area contributed by atoms with Crippen LogP contribution in [0.1, 0.15) is 155 Å². The van der Waals surface area contributed by atoms with Gasteiger partial charge in [0.25, 0.3) is 7.82 Å². The Morgan fingerprint density at radius 3 is 1.47 bits per heavy atom. The van der Waals surface area contributed by atoms with Crippen molar-refractivity contribution in [1.82, 2.24) is 0 Å². The molecule has 0 fully saturated rings. The lowest BCUT2D eigenvalue weighted by Crippen LogP contribution is -2.37. The Balaban J connectivity index is 4.50. The molecule has 0 aromatic carbocycles. The Kier molecular flexibility index (Phi) is 39.2. The zero-order valence-electron chi connectivity index (χ0n) is 38.4. The van der Waals surface area contributed by atoms with Crippen molar-refractivity contribution in [2.75, 3.05) is 47.5 Å². The highest BCUT2D eigenvalue weighted by atomic mass is 31.2. The largest absolute Gasteiger partial charge is 0.756 e. The number of likely N-dealkylation sites (N-methyl/N-ethyl adjacent to an activating group) is 1. The second kappa shape index (κ2) is 41.3. The molecule has 0 aromatic heterocycles. The summed E-state index contributed by atoms with van der Waals surface area (Å²) < 4.78 is 33.8. The summed E-state index contributed by atoms with van der Waals surface area (Å²) in [5.74, 6) is -0.943. The molecule has 0 saturated heterocycles. The average molecular weight is 858 g/mol. The molecule has 0 rings (SSSR count). The summed E-state index contributed by atoms with van der Waals surface area (Å²) in [7, 11) is 1.10. The topological polar surface area (TPSA) is 111 Å². The van der Waals surface area contributed by atoms with E-state index >= 15 is 0 Å². The normalized spacial score (nSPS) is 14.4. The van der Waals surface area contributed by atoms with Crippen molar-refractivity contribution in [3.8, 4) is 0 Å². The quantitative estimate of drug-likeness (QED) is 0.0197. The number of phosphoric acid groups is 1. The van der Waals surface area contributed by atoms with Gasteiger partial charge in [0.1, 0.15) is 19.8 Å². The predicted molar refractivity (Wildman–Crippen MR) is 249 cm³/mol.